The molecule has 0 radical (unpaired) electrons. The molecule has 1 aromatic heterocycles. The standard InChI is InChI=1S/C16H14N4O3S/c1-19-13-5-3-2-4-12(13)18-16(19)24-9-11-7-6-10(15(17)21)8-14(11)20(22)23/h2-8H,9H2,1H3,(H2,17,21). The number of nitro benzene ring substituents is 1. The minimum absolute atomic E-state index is 0.113. The molecule has 2 aromatic carbocycles. The lowest BCUT2D eigenvalue weighted by molar-refractivity contribution is -0.385. The second kappa shape index (κ2) is 6.32. The van der Waals surface area contributed by atoms with Gasteiger partial charge in [-0.2, -0.15) is 0 Å². The van der Waals surface area contributed by atoms with E-state index < -0.39 is 10.8 Å². The number of para-hydroxylation sites is 2. The molecule has 1 heterocycles. The van der Waals surface area contributed by atoms with Crippen LogP contribution in [0.25, 0.3) is 11.0 Å². The lowest BCUT2D eigenvalue weighted by Crippen LogP contribution is -2.11. The zero-order chi connectivity index (χ0) is 17.3. The first kappa shape index (κ1) is 16.0. The van der Waals surface area contributed by atoms with Gasteiger partial charge in [0.15, 0.2) is 5.16 Å². The highest BCUT2D eigenvalue weighted by molar-refractivity contribution is 7.98. The van der Waals surface area contributed by atoms with Gasteiger partial charge in [0.1, 0.15) is 0 Å². The number of nitro groups is 1. The minimum Gasteiger partial charge on any atom is -0.366 e. The van der Waals surface area contributed by atoms with E-state index in [1.165, 1.54) is 23.9 Å². The molecule has 0 atom stereocenters. The van der Waals surface area contributed by atoms with Crippen LogP contribution < -0.4 is 5.73 Å². The van der Waals surface area contributed by atoms with Crippen molar-refractivity contribution in [1.29, 1.82) is 0 Å². The smallest absolute Gasteiger partial charge is 0.274 e. The van der Waals surface area contributed by atoms with Crippen LogP contribution in [0.2, 0.25) is 0 Å². The SMILES string of the molecule is Cn1c(SCc2ccc(C(N)=O)cc2[N+](=O)[O-])nc2ccccc21. The maximum Gasteiger partial charge on any atom is 0.274 e. The summed E-state index contributed by atoms with van der Waals surface area (Å²) in [4.78, 5) is 26.5. The first-order valence-corrected chi connectivity index (χ1v) is 8.07. The summed E-state index contributed by atoms with van der Waals surface area (Å²) in [6.07, 6.45) is 0. The van der Waals surface area contributed by atoms with Gasteiger partial charge < -0.3 is 10.3 Å². The summed E-state index contributed by atoms with van der Waals surface area (Å²) in [5.41, 5.74) is 7.58. The molecule has 7 nitrogen and oxygen atoms in total. The van der Waals surface area contributed by atoms with Gasteiger partial charge in [-0.15, -0.1) is 0 Å². The first-order valence-electron chi connectivity index (χ1n) is 7.08. The van der Waals surface area contributed by atoms with E-state index in [1.807, 2.05) is 35.9 Å². The zero-order valence-corrected chi connectivity index (χ0v) is 13.6. The zero-order valence-electron chi connectivity index (χ0n) is 12.8. The van der Waals surface area contributed by atoms with Crippen LogP contribution >= 0.6 is 11.8 Å². The van der Waals surface area contributed by atoms with Crippen LogP contribution in [0.4, 0.5) is 5.69 Å². The van der Waals surface area contributed by atoms with Crippen molar-refractivity contribution in [2.45, 2.75) is 10.9 Å². The number of aryl methyl sites for hydroxylation is 1. The van der Waals surface area contributed by atoms with Crippen molar-refractivity contribution in [3.05, 3.63) is 63.7 Å². The molecule has 0 bridgehead atoms. The number of amides is 1. The number of carbonyl (C=O) groups is 1. The summed E-state index contributed by atoms with van der Waals surface area (Å²) in [6.45, 7) is 0. The van der Waals surface area contributed by atoms with Crippen LogP contribution in [-0.4, -0.2) is 20.4 Å². The number of hydrogen-bond donors (Lipinski definition) is 1. The number of fused-ring (bicyclic) bond motifs is 1. The van der Waals surface area contributed by atoms with Crippen molar-refractivity contribution in [2.75, 3.05) is 0 Å². The monoisotopic (exact) mass is 342 g/mol. The van der Waals surface area contributed by atoms with E-state index in [-0.39, 0.29) is 11.3 Å². The van der Waals surface area contributed by atoms with Crippen molar-refractivity contribution < 1.29 is 9.72 Å². The number of hydrogen-bond acceptors (Lipinski definition) is 5. The lowest BCUT2D eigenvalue weighted by atomic mass is 10.1. The molecule has 24 heavy (non-hydrogen) atoms. The third kappa shape index (κ3) is 2.95. The van der Waals surface area contributed by atoms with Gasteiger partial charge in [-0.1, -0.05) is 30.0 Å². The molecule has 8 heteroatoms. The molecule has 0 aliphatic heterocycles. The van der Waals surface area contributed by atoms with Crippen molar-refractivity contribution >= 4 is 34.4 Å². The second-order valence-electron chi connectivity index (χ2n) is 5.20. The predicted octanol–water partition coefficient (Wildman–Crippen LogP) is 2.87. The molecule has 0 unspecified atom stereocenters. The van der Waals surface area contributed by atoms with Crippen molar-refractivity contribution in [1.82, 2.24) is 9.55 Å². The van der Waals surface area contributed by atoms with E-state index in [2.05, 4.69) is 4.98 Å². The molecular formula is C16H14N4O3S. The average molecular weight is 342 g/mol. The topological polar surface area (TPSA) is 104 Å². The Balaban J connectivity index is 1.89. The van der Waals surface area contributed by atoms with Crippen LogP contribution in [0.3, 0.4) is 0 Å². The van der Waals surface area contributed by atoms with Gasteiger partial charge in [0.05, 0.1) is 16.0 Å². The molecule has 0 saturated carbocycles. The van der Waals surface area contributed by atoms with Gasteiger partial charge in [0.25, 0.3) is 5.69 Å². The Kier molecular flexibility index (Phi) is 4.22. The molecule has 122 valence electrons. The lowest BCUT2D eigenvalue weighted by Gasteiger charge is -2.05. The summed E-state index contributed by atoms with van der Waals surface area (Å²) in [7, 11) is 1.91. The number of thioether (sulfide) groups is 1. The number of nitrogens with zero attached hydrogens (tertiary/aromatic N) is 3. The minimum atomic E-state index is -0.687. The number of benzene rings is 2. The normalized spacial score (nSPS) is 10.9. The van der Waals surface area contributed by atoms with E-state index in [0.29, 0.717) is 11.3 Å². The van der Waals surface area contributed by atoms with Gasteiger partial charge in [-0.25, -0.2) is 4.98 Å². The van der Waals surface area contributed by atoms with Crippen LogP contribution in [0.1, 0.15) is 15.9 Å². The molecule has 3 aromatic rings. The Morgan fingerprint density at radius 1 is 1.33 bits per heavy atom. The molecule has 2 N–H and O–H groups in total. The third-order valence-corrected chi connectivity index (χ3v) is 4.75. The van der Waals surface area contributed by atoms with Crippen molar-refractivity contribution in [3.63, 3.8) is 0 Å². The van der Waals surface area contributed by atoms with Crippen LogP contribution in [0, 0.1) is 10.1 Å². The summed E-state index contributed by atoms with van der Waals surface area (Å²) in [5, 5.41) is 12.0. The molecule has 0 saturated heterocycles. The average Bonchev–Trinajstić information content (AvgIpc) is 2.89. The summed E-state index contributed by atoms with van der Waals surface area (Å²) in [5.74, 6) is -0.320. The van der Waals surface area contributed by atoms with Gasteiger partial charge >= 0.3 is 0 Å². The van der Waals surface area contributed by atoms with Crippen molar-refractivity contribution in [2.24, 2.45) is 12.8 Å². The second-order valence-corrected chi connectivity index (χ2v) is 6.14. The maximum atomic E-state index is 11.2. The van der Waals surface area contributed by atoms with Crippen LogP contribution in [0.15, 0.2) is 47.6 Å². The summed E-state index contributed by atoms with van der Waals surface area (Å²) < 4.78 is 1.95. The molecular weight excluding hydrogens is 328 g/mol. The van der Waals surface area contributed by atoms with E-state index in [9.17, 15) is 14.9 Å². The van der Waals surface area contributed by atoms with E-state index >= 15 is 0 Å². The van der Waals surface area contributed by atoms with Gasteiger partial charge in [0, 0.05) is 30.0 Å². The van der Waals surface area contributed by atoms with Gasteiger partial charge in [-0.05, 0) is 18.2 Å². The molecule has 1 amide bonds. The van der Waals surface area contributed by atoms with E-state index in [1.54, 1.807) is 6.07 Å². The maximum absolute atomic E-state index is 11.2. The van der Waals surface area contributed by atoms with Gasteiger partial charge in [0.2, 0.25) is 5.91 Å². The Morgan fingerprint density at radius 2 is 2.08 bits per heavy atom. The highest BCUT2D eigenvalue weighted by atomic mass is 32.2. The number of imidazole rings is 1. The number of aromatic nitrogens is 2. The number of rotatable bonds is 5. The summed E-state index contributed by atoms with van der Waals surface area (Å²) >= 11 is 1.40. The van der Waals surface area contributed by atoms with E-state index in [0.717, 1.165) is 16.2 Å². The first-order chi connectivity index (χ1) is 11.5. The largest absolute Gasteiger partial charge is 0.366 e. The summed E-state index contributed by atoms with van der Waals surface area (Å²) in [6, 6.07) is 12.0. The van der Waals surface area contributed by atoms with E-state index in [4.69, 9.17) is 5.73 Å². The van der Waals surface area contributed by atoms with Crippen LogP contribution in [-0.2, 0) is 12.8 Å². The Hall–Kier alpha value is -2.87. The molecule has 0 fully saturated rings. The van der Waals surface area contributed by atoms with Gasteiger partial charge in [-0.3, -0.25) is 14.9 Å². The van der Waals surface area contributed by atoms with Crippen LogP contribution in [0.5, 0.6) is 0 Å². The molecule has 3 rings (SSSR count). The number of carbonyl (C=O) groups excluding carboxylic acids is 1. The predicted molar refractivity (Wildman–Crippen MR) is 91.9 cm³/mol. The Morgan fingerprint density at radius 3 is 2.75 bits per heavy atom. The number of nitrogens with two attached hydrogens (primary N) is 1. The quantitative estimate of drug-likeness (QED) is 0.436. The number of primary amides is 1. The molecule has 0 aliphatic rings. The highest BCUT2D eigenvalue weighted by Gasteiger charge is 2.17. The molecule has 0 spiro atoms. The third-order valence-electron chi connectivity index (χ3n) is 3.67. The fourth-order valence-corrected chi connectivity index (χ4v) is 3.39. The fraction of sp³-hybridized carbons (Fsp3) is 0.125. The molecule has 0 aliphatic carbocycles. The Bertz CT molecular complexity index is 952. The van der Waals surface area contributed by atoms with Crippen molar-refractivity contribution in [3.8, 4) is 0 Å². The highest BCUT2D eigenvalue weighted by Crippen LogP contribution is 2.30. The fourth-order valence-electron chi connectivity index (χ4n) is 2.40. The Labute approximate surface area is 141 Å².